The summed E-state index contributed by atoms with van der Waals surface area (Å²) in [6.07, 6.45) is 3.54. The second-order valence-corrected chi connectivity index (χ2v) is 2.43. The van der Waals surface area contributed by atoms with Gasteiger partial charge in [0.2, 0.25) is 0 Å². The van der Waals surface area contributed by atoms with Gasteiger partial charge in [-0.05, 0) is 24.3 Å². The second kappa shape index (κ2) is 5.12. The Balaban J connectivity index is 0.000000845. The quantitative estimate of drug-likeness (QED) is 0.623. The standard InChI is InChI=1S/C10H8N2.Na/c1-3-7-11-9(5-1)10-6-2-4-8-12-10;/h1-8H;. The van der Waals surface area contributed by atoms with Crippen molar-refractivity contribution in [2.24, 2.45) is 0 Å². The SMILES string of the molecule is [Na].c1ccc(-c2ccccn2)nc1. The van der Waals surface area contributed by atoms with Crippen LogP contribution in [-0.2, 0) is 0 Å². The number of rotatable bonds is 1. The summed E-state index contributed by atoms with van der Waals surface area (Å²) < 4.78 is 0. The van der Waals surface area contributed by atoms with Crippen LogP contribution < -0.4 is 0 Å². The molecule has 59 valence electrons. The fourth-order valence-electron chi connectivity index (χ4n) is 1.03. The summed E-state index contributed by atoms with van der Waals surface area (Å²) >= 11 is 0. The van der Waals surface area contributed by atoms with Crippen LogP contribution in [0.1, 0.15) is 0 Å². The number of hydrogen-bond donors (Lipinski definition) is 0. The number of hydrogen-bond acceptors (Lipinski definition) is 2. The minimum absolute atomic E-state index is 0. The van der Waals surface area contributed by atoms with E-state index in [-0.39, 0.29) is 29.6 Å². The first-order valence-corrected chi connectivity index (χ1v) is 3.79. The molecule has 1 radical (unpaired) electrons. The summed E-state index contributed by atoms with van der Waals surface area (Å²) in [5.41, 5.74) is 1.83. The number of aromatic nitrogens is 2. The van der Waals surface area contributed by atoms with Crippen LogP contribution in [0.4, 0.5) is 0 Å². The van der Waals surface area contributed by atoms with Crippen LogP contribution in [0.15, 0.2) is 48.8 Å². The molecule has 0 aliphatic heterocycles. The average Bonchev–Trinajstić information content (AvgIpc) is 2.21. The van der Waals surface area contributed by atoms with E-state index in [1.807, 2.05) is 36.4 Å². The van der Waals surface area contributed by atoms with Gasteiger partial charge in [-0.3, -0.25) is 9.97 Å². The molecule has 0 aliphatic carbocycles. The van der Waals surface area contributed by atoms with Crippen molar-refractivity contribution >= 4 is 29.6 Å². The van der Waals surface area contributed by atoms with Crippen LogP contribution in [0, 0.1) is 0 Å². The van der Waals surface area contributed by atoms with Crippen molar-refractivity contribution in [2.75, 3.05) is 0 Å². The molecule has 0 saturated carbocycles. The molecule has 0 aromatic carbocycles. The molecular weight excluding hydrogens is 171 g/mol. The predicted octanol–water partition coefficient (Wildman–Crippen LogP) is 1.76. The van der Waals surface area contributed by atoms with Gasteiger partial charge in [-0.25, -0.2) is 0 Å². The summed E-state index contributed by atoms with van der Waals surface area (Å²) in [6.45, 7) is 0. The van der Waals surface area contributed by atoms with Gasteiger partial charge in [-0.15, -0.1) is 0 Å². The normalized spacial score (nSPS) is 8.92. The molecular formula is C10H8N2Na. The van der Waals surface area contributed by atoms with Crippen LogP contribution in [0.25, 0.3) is 11.4 Å². The second-order valence-electron chi connectivity index (χ2n) is 2.43. The van der Waals surface area contributed by atoms with Gasteiger partial charge in [-0.1, -0.05) is 12.1 Å². The molecule has 3 heteroatoms. The van der Waals surface area contributed by atoms with Crippen LogP contribution in [0.2, 0.25) is 0 Å². The Morgan fingerprint density at radius 1 is 0.692 bits per heavy atom. The summed E-state index contributed by atoms with van der Waals surface area (Å²) in [5.74, 6) is 0. The first-order chi connectivity index (χ1) is 5.97. The molecule has 0 fully saturated rings. The molecule has 0 bridgehead atoms. The maximum atomic E-state index is 4.19. The summed E-state index contributed by atoms with van der Waals surface area (Å²) in [6, 6.07) is 11.6. The molecule has 2 aromatic heterocycles. The smallest absolute Gasteiger partial charge is 0.0886 e. The van der Waals surface area contributed by atoms with E-state index < -0.39 is 0 Å². The zero-order chi connectivity index (χ0) is 8.23. The molecule has 2 rings (SSSR count). The van der Waals surface area contributed by atoms with Crippen LogP contribution in [0.5, 0.6) is 0 Å². The van der Waals surface area contributed by atoms with Gasteiger partial charge in [0.25, 0.3) is 0 Å². The van der Waals surface area contributed by atoms with E-state index in [4.69, 9.17) is 0 Å². The Morgan fingerprint density at radius 2 is 1.15 bits per heavy atom. The molecule has 2 aromatic rings. The largest absolute Gasteiger partial charge is 0.255 e. The van der Waals surface area contributed by atoms with Gasteiger partial charge >= 0.3 is 0 Å². The first-order valence-electron chi connectivity index (χ1n) is 3.79. The van der Waals surface area contributed by atoms with Gasteiger partial charge in [0.05, 0.1) is 11.4 Å². The average molecular weight is 179 g/mol. The Labute approximate surface area is 99.3 Å². The fourth-order valence-corrected chi connectivity index (χ4v) is 1.03. The van der Waals surface area contributed by atoms with Crippen molar-refractivity contribution in [3.8, 4) is 11.4 Å². The van der Waals surface area contributed by atoms with E-state index in [0.717, 1.165) is 11.4 Å². The molecule has 0 aliphatic rings. The molecule has 0 unspecified atom stereocenters. The molecule has 0 spiro atoms. The number of pyridine rings is 2. The Kier molecular flexibility index (Phi) is 4.09. The van der Waals surface area contributed by atoms with Crippen molar-refractivity contribution in [1.82, 2.24) is 9.97 Å². The molecule has 0 N–H and O–H groups in total. The maximum Gasteiger partial charge on any atom is 0.0886 e. The zero-order valence-electron chi connectivity index (χ0n) is 7.51. The van der Waals surface area contributed by atoms with E-state index in [9.17, 15) is 0 Å². The molecule has 2 heterocycles. The predicted molar refractivity (Wildman–Crippen MR) is 53.2 cm³/mol. The number of nitrogens with zero attached hydrogens (tertiary/aromatic N) is 2. The molecule has 13 heavy (non-hydrogen) atoms. The van der Waals surface area contributed by atoms with Gasteiger partial charge in [0.15, 0.2) is 0 Å². The first kappa shape index (κ1) is 10.4. The third kappa shape index (κ3) is 2.62. The molecule has 0 saturated heterocycles. The minimum atomic E-state index is 0. The fraction of sp³-hybridized carbons (Fsp3) is 0. The summed E-state index contributed by atoms with van der Waals surface area (Å²) in [4.78, 5) is 8.37. The minimum Gasteiger partial charge on any atom is -0.255 e. The van der Waals surface area contributed by atoms with Gasteiger partial charge < -0.3 is 0 Å². The van der Waals surface area contributed by atoms with Crippen LogP contribution in [-0.4, -0.2) is 39.5 Å². The summed E-state index contributed by atoms with van der Waals surface area (Å²) in [7, 11) is 0. The van der Waals surface area contributed by atoms with Gasteiger partial charge in [-0.2, -0.15) is 0 Å². The van der Waals surface area contributed by atoms with Gasteiger partial charge in [0, 0.05) is 42.0 Å². The van der Waals surface area contributed by atoms with Crippen molar-refractivity contribution < 1.29 is 0 Å². The topological polar surface area (TPSA) is 25.8 Å². The van der Waals surface area contributed by atoms with Crippen molar-refractivity contribution in [3.63, 3.8) is 0 Å². The van der Waals surface area contributed by atoms with Crippen molar-refractivity contribution in [1.29, 1.82) is 0 Å². The van der Waals surface area contributed by atoms with Crippen LogP contribution in [0.3, 0.4) is 0 Å². The molecule has 2 nitrogen and oxygen atoms in total. The van der Waals surface area contributed by atoms with Crippen LogP contribution >= 0.6 is 0 Å². The van der Waals surface area contributed by atoms with E-state index in [2.05, 4.69) is 9.97 Å². The Hall–Kier alpha value is -0.700. The van der Waals surface area contributed by atoms with E-state index >= 15 is 0 Å². The monoisotopic (exact) mass is 179 g/mol. The summed E-state index contributed by atoms with van der Waals surface area (Å²) in [5, 5.41) is 0. The van der Waals surface area contributed by atoms with E-state index in [1.54, 1.807) is 12.4 Å². The zero-order valence-corrected chi connectivity index (χ0v) is 9.51. The molecule has 0 amide bonds. The third-order valence-corrected chi connectivity index (χ3v) is 1.59. The van der Waals surface area contributed by atoms with Gasteiger partial charge in [0.1, 0.15) is 0 Å². The molecule has 0 atom stereocenters. The van der Waals surface area contributed by atoms with E-state index in [0.29, 0.717) is 0 Å². The van der Waals surface area contributed by atoms with E-state index in [1.165, 1.54) is 0 Å². The Morgan fingerprint density at radius 3 is 1.46 bits per heavy atom. The third-order valence-electron chi connectivity index (χ3n) is 1.59. The Bertz CT molecular complexity index is 310. The van der Waals surface area contributed by atoms with Crippen molar-refractivity contribution in [3.05, 3.63) is 48.8 Å². The van der Waals surface area contributed by atoms with Crippen molar-refractivity contribution in [2.45, 2.75) is 0 Å². The maximum absolute atomic E-state index is 4.19.